The first kappa shape index (κ1) is 11.9. The number of anilines is 1. The number of morpholine rings is 1. The van der Waals surface area contributed by atoms with Gasteiger partial charge in [-0.3, -0.25) is 4.98 Å². The van der Waals surface area contributed by atoms with Crippen molar-refractivity contribution in [3.63, 3.8) is 0 Å². The Morgan fingerprint density at radius 2 is 2.06 bits per heavy atom. The second-order valence-corrected chi connectivity index (χ2v) is 5.31. The lowest BCUT2D eigenvalue weighted by molar-refractivity contribution is 0.0305. The molecule has 0 amide bonds. The highest BCUT2D eigenvalue weighted by atomic mass is 16.5. The second kappa shape index (κ2) is 4.86. The smallest absolute Gasteiger partial charge is 0.0755 e. The van der Waals surface area contributed by atoms with E-state index in [0.29, 0.717) is 18.2 Å². The Bertz CT molecular complexity index is 394. The molecule has 1 aromatic heterocycles. The summed E-state index contributed by atoms with van der Waals surface area (Å²) in [7, 11) is 1.96. The van der Waals surface area contributed by atoms with Gasteiger partial charge >= 0.3 is 0 Å². The molecule has 0 radical (unpaired) electrons. The summed E-state index contributed by atoms with van der Waals surface area (Å²) in [6.07, 6.45) is 5.28. The van der Waals surface area contributed by atoms with Gasteiger partial charge in [0, 0.05) is 19.1 Å². The van der Waals surface area contributed by atoms with Crippen LogP contribution in [0.2, 0.25) is 0 Å². The minimum atomic E-state index is 0.305. The van der Waals surface area contributed by atoms with E-state index in [4.69, 9.17) is 4.74 Å². The number of aromatic nitrogens is 1. The van der Waals surface area contributed by atoms with Crippen molar-refractivity contribution in [3.8, 4) is 0 Å². The summed E-state index contributed by atoms with van der Waals surface area (Å²) in [6, 6.07) is 4.61. The minimum Gasteiger partial charge on any atom is -0.371 e. The van der Waals surface area contributed by atoms with Gasteiger partial charge in [-0.25, -0.2) is 0 Å². The third kappa shape index (κ3) is 2.22. The van der Waals surface area contributed by atoms with Crippen LogP contribution in [0.25, 0.3) is 0 Å². The van der Waals surface area contributed by atoms with E-state index in [-0.39, 0.29) is 0 Å². The molecule has 0 aromatic carbocycles. The van der Waals surface area contributed by atoms with Gasteiger partial charge in [0.25, 0.3) is 0 Å². The summed E-state index contributed by atoms with van der Waals surface area (Å²) in [5.41, 5.74) is 2.32. The Kier molecular flexibility index (Phi) is 3.22. The Morgan fingerprint density at radius 3 is 2.61 bits per heavy atom. The lowest BCUT2D eigenvalue weighted by atomic mass is 10.2. The number of nitrogens with zero attached hydrogens (tertiary/aromatic N) is 2. The van der Waals surface area contributed by atoms with Crippen LogP contribution in [-0.2, 0) is 4.74 Å². The Labute approximate surface area is 108 Å². The van der Waals surface area contributed by atoms with Gasteiger partial charge in [0.05, 0.1) is 29.8 Å². The van der Waals surface area contributed by atoms with E-state index in [1.807, 2.05) is 13.2 Å². The average molecular weight is 247 g/mol. The molecule has 0 saturated carbocycles. The predicted octanol–water partition coefficient (Wildman–Crippen LogP) is 1.73. The summed E-state index contributed by atoms with van der Waals surface area (Å²) in [5, 5.41) is 3.21. The highest BCUT2D eigenvalue weighted by Gasteiger charge is 2.33. The van der Waals surface area contributed by atoms with E-state index in [1.54, 1.807) is 0 Å². The van der Waals surface area contributed by atoms with Gasteiger partial charge in [-0.1, -0.05) is 0 Å². The van der Waals surface area contributed by atoms with Crippen LogP contribution < -0.4 is 10.2 Å². The maximum atomic E-state index is 5.86. The molecule has 4 heteroatoms. The number of fused-ring (bicyclic) bond motifs is 2. The summed E-state index contributed by atoms with van der Waals surface area (Å²) in [6.45, 7) is 4.15. The van der Waals surface area contributed by atoms with E-state index in [9.17, 15) is 0 Å². The Hall–Kier alpha value is -1.13. The SMILES string of the molecule is CNC(C)c1ccc(N2CC3CCC(C2)O3)cn1. The normalized spacial score (nSPS) is 28.4. The molecule has 18 heavy (non-hydrogen) atoms. The molecule has 2 saturated heterocycles. The number of hydrogen-bond acceptors (Lipinski definition) is 4. The van der Waals surface area contributed by atoms with Gasteiger partial charge in [-0.15, -0.1) is 0 Å². The van der Waals surface area contributed by atoms with E-state index in [2.05, 4.69) is 34.3 Å². The largest absolute Gasteiger partial charge is 0.371 e. The zero-order valence-electron chi connectivity index (χ0n) is 11.1. The van der Waals surface area contributed by atoms with Crippen molar-refractivity contribution < 1.29 is 4.74 Å². The topological polar surface area (TPSA) is 37.4 Å². The molecule has 2 aliphatic heterocycles. The van der Waals surface area contributed by atoms with Crippen molar-refractivity contribution in [2.45, 2.75) is 38.0 Å². The molecular formula is C14H21N3O. The molecule has 1 aromatic rings. The van der Waals surface area contributed by atoms with E-state index >= 15 is 0 Å². The first-order valence-electron chi connectivity index (χ1n) is 6.80. The van der Waals surface area contributed by atoms with Crippen molar-refractivity contribution in [3.05, 3.63) is 24.0 Å². The zero-order valence-corrected chi connectivity index (χ0v) is 11.1. The van der Waals surface area contributed by atoms with E-state index < -0.39 is 0 Å². The summed E-state index contributed by atoms with van der Waals surface area (Å²) < 4.78 is 5.86. The van der Waals surface area contributed by atoms with E-state index in [0.717, 1.165) is 18.8 Å². The number of nitrogens with one attached hydrogen (secondary N) is 1. The number of hydrogen-bond donors (Lipinski definition) is 1. The molecule has 2 aliphatic rings. The lowest BCUT2D eigenvalue weighted by Gasteiger charge is -2.33. The number of rotatable bonds is 3. The van der Waals surface area contributed by atoms with Crippen LogP contribution in [0.3, 0.4) is 0 Å². The molecule has 1 N–H and O–H groups in total. The monoisotopic (exact) mass is 247 g/mol. The summed E-state index contributed by atoms with van der Waals surface area (Å²) >= 11 is 0. The number of ether oxygens (including phenoxy) is 1. The standard InChI is InChI=1S/C14H21N3O/c1-10(15-2)14-6-3-11(7-16-14)17-8-12-4-5-13(9-17)18-12/h3,6-7,10,12-13,15H,4-5,8-9H2,1-2H3. The van der Waals surface area contributed by atoms with Gasteiger partial charge in [-0.2, -0.15) is 0 Å². The third-order valence-corrected chi connectivity index (χ3v) is 4.06. The van der Waals surface area contributed by atoms with Gasteiger partial charge in [0.1, 0.15) is 0 Å². The second-order valence-electron chi connectivity index (χ2n) is 5.31. The van der Waals surface area contributed by atoms with E-state index in [1.165, 1.54) is 18.5 Å². The van der Waals surface area contributed by atoms with Gasteiger partial charge in [0.15, 0.2) is 0 Å². The molecule has 0 aliphatic carbocycles. The molecule has 0 spiro atoms. The molecule has 3 rings (SSSR count). The highest BCUT2D eigenvalue weighted by Crippen LogP contribution is 2.29. The maximum Gasteiger partial charge on any atom is 0.0755 e. The van der Waals surface area contributed by atoms with Crippen molar-refractivity contribution in [1.82, 2.24) is 10.3 Å². The fraction of sp³-hybridized carbons (Fsp3) is 0.643. The summed E-state index contributed by atoms with van der Waals surface area (Å²) in [5.74, 6) is 0. The van der Waals surface area contributed by atoms with Crippen molar-refractivity contribution in [2.24, 2.45) is 0 Å². The lowest BCUT2D eigenvalue weighted by Crippen LogP contribution is -2.42. The zero-order chi connectivity index (χ0) is 12.5. The minimum absolute atomic E-state index is 0.305. The van der Waals surface area contributed by atoms with Crippen LogP contribution in [-0.4, -0.2) is 37.3 Å². The molecule has 3 atom stereocenters. The van der Waals surface area contributed by atoms with Crippen molar-refractivity contribution in [1.29, 1.82) is 0 Å². The fourth-order valence-electron chi connectivity index (χ4n) is 2.81. The molecule has 2 bridgehead atoms. The van der Waals surface area contributed by atoms with Crippen LogP contribution in [0.1, 0.15) is 31.5 Å². The Morgan fingerprint density at radius 1 is 1.33 bits per heavy atom. The summed E-state index contributed by atoms with van der Waals surface area (Å²) in [4.78, 5) is 6.96. The molecule has 2 fully saturated rings. The fourth-order valence-corrected chi connectivity index (χ4v) is 2.81. The number of pyridine rings is 1. The highest BCUT2D eigenvalue weighted by molar-refractivity contribution is 5.46. The van der Waals surface area contributed by atoms with Crippen LogP contribution in [0, 0.1) is 0 Å². The van der Waals surface area contributed by atoms with Crippen LogP contribution in [0.5, 0.6) is 0 Å². The van der Waals surface area contributed by atoms with Gasteiger partial charge in [0.2, 0.25) is 0 Å². The Balaban J connectivity index is 1.73. The molecule has 98 valence electrons. The molecular weight excluding hydrogens is 226 g/mol. The average Bonchev–Trinajstić information content (AvgIpc) is 2.77. The third-order valence-electron chi connectivity index (χ3n) is 4.06. The first-order valence-corrected chi connectivity index (χ1v) is 6.80. The first-order chi connectivity index (χ1) is 8.76. The van der Waals surface area contributed by atoms with Crippen LogP contribution in [0.4, 0.5) is 5.69 Å². The van der Waals surface area contributed by atoms with Crippen molar-refractivity contribution in [2.75, 3.05) is 25.0 Å². The quantitative estimate of drug-likeness (QED) is 0.882. The van der Waals surface area contributed by atoms with Gasteiger partial charge < -0.3 is 15.0 Å². The van der Waals surface area contributed by atoms with Crippen LogP contribution >= 0.6 is 0 Å². The van der Waals surface area contributed by atoms with Crippen LogP contribution in [0.15, 0.2) is 18.3 Å². The van der Waals surface area contributed by atoms with Crippen molar-refractivity contribution >= 4 is 5.69 Å². The molecule has 3 heterocycles. The maximum absolute atomic E-state index is 5.86. The predicted molar refractivity (Wildman–Crippen MR) is 71.8 cm³/mol. The van der Waals surface area contributed by atoms with Gasteiger partial charge in [-0.05, 0) is 38.9 Å². The molecule has 4 nitrogen and oxygen atoms in total. The molecule has 3 unspecified atom stereocenters.